The van der Waals surface area contributed by atoms with Crippen molar-refractivity contribution in [2.45, 2.75) is 18.1 Å². The molecule has 0 aromatic heterocycles. The second-order valence-electron chi connectivity index (χ2n) is 5.64. The maximum atomic E-state index is 12.9. The van der Waals surface area contributed by atoms with E-state index in [1.165, 1.54) is 11.8 Å². The molecule has 0 radical (unpaired) electrons. The molecule has 1 amide bonds. The molecular formula is C18H15F6NO2S. The van der Waals surface area contributed by atoms with E-state index in [0.29, 0.717) is 17.9 Å². The van der Waals surface area contributed by atoms with Crippen LogP contribution < -0.4 is 10.1 Å². The highest BCUT2D eigenvalue weighted by molar-refractivity contribution is 7.99. The SMILES string of the molecule is O=C(CSCc1ccccc1)Nc1cc(C(F)(F)F)ccc1OCC(F)(F)F. The van der Waals surface area contributed by atoms with Gasteiger partial charge in [-0.2, -0.15) is 26.3 Å². The Balaban J connectivity index is 2.06. The summed E-state index contributed by atoms with van der Waals surface area (Å²) in [5.41, 5.74) is -0.628. The zero-order chi connectivity index (χ0) is 20.8. The molecule has 0 aliphatic rings. The van der Waals surface area contributed by atoms with Gasteiger partial charge in [-0.05, 0) is 23.8 Å². The van der Waals surface area contributed by atoms with Gasteiger partial charge in [-0.15, -0.1) is 11.8 Å². The normalized spacial score (nSPS) is 11.9. The number of carbonyl (C=O) groups is 1. The number of hydrogen-bond donors (Lipinski definition) is 1. The van der Waals surface area contributed by atoms with E-state index in [9.17, 15) is 31.1 Å². The molecule has 0 aliphatic carbocycles. The number of hydrogen-bond acceptors (Lipinski definition) is 3. The average Bonchev–Trinajstić information content (AvgIpc) is 2.60. The zero-order valence-corrected chi connectivity index (χ0v) is 15.0. The number of amides is 1. The number of ether oxygens (including phenoxy) is 1. The van der Waals surface area contributed by atoms with Crippen LogP contribution in [0.25, 0.3) is 0 Å². The van der Waals surface area contributed by atoms with Gasteiger partial charge in [0.1, 0.15) is 5.75 Å². The molecule has 10 heteroatoms. The quantitative estimate of drug-likeness (QED) is 0.596. The van der Waals surface area contributed by atoms with Crippen molar-refractivity contribution < 1.29 is 35.9 Å². The lowest BCUT2D eigenvalue weighted by Gasteiger charge is -2.16. The summed E-state index contributed by atoms with van der Waals surface area (Å²) in [5, 5.41) is 2.19. The Morgan fingerprint density at radius 1 is 1.00 bits per heavy atom. The van der Waals surface area contributed by atoms with Gasteiger partial charge in [0.2, 0.25) is 5.91 Å². The van der Waals surface area contributed by atoms with E-state index in [1.807, 2.05) is 30.3 Å². The molecule has 0 saturated carbocycles. The molecule has 0 fully saturated rings. The molecule has 0 atom stereocenters. The second-order valence-corrected chi connectivity index (χ2v) is 6.62. The summed E-state index contributed by atoms with van der Waals surface area (Å²) in [5.74, 6) is -0.748. The molecule has 2 rings (SSSR count). The number of benzene rings is 2. The third-order valence-electron chi connectivity index (χ3n) is 3.32. The van der Waals surface area contributed by atoms with Gasteiger partial charge in [0.15, 0.2) is 6.61 Å². The molecule has 0 bridgehead atoms. The van der Waals surface area contributed by atoms with Crippen LogP contribution in [0.2, 0.25) is 0 Å². The van der Waals surface area contributed by atoms with Gasteiger partial charge in [-0.1, -0.05) is 30.3 Å². The van der Waals surface area contributed by atoms with Crippen molar-refractivity contribution in [3.05, 3.63) is 59.7 Å². The first-order valence-corrected chi connectivity index (χ1v) is 9.02. The van der Waals surface area contributed by atoms with Gasteiger partial charge < -0.3 is 10.1 Å². The van der Waals surface area contributed by atoms with Crippen molar-refractivity contribution in [3.8, 4) is 5.75 Å². The molecule has 28 heavy (non-hydrogen) atoms. The van der Waals surface area contributed by atoms with E-state index in [0.717, 1.165) is 11.6 Å². The van der Waals surface area contributed by atoms with Crippen LogP contribution in [0.3, 0.4) is 0 Å². The molecule has 0 aliphatic heterocycles. The van der Waals surface area contributed by atoms with E-state index in [1.54, 1.807) is 0 Å². The van der Waals surface area contributed by atoms with Crippen molar-refractivity contribution in [3.63, 3.8) is 0 Å². The molecule has 0 heterocycles. The summed E-state index contributed by atoms with van der Waals surface area (Å²) in [7, 11) is 0. The van der Waals surface area contributed by atoms with Crippen LogP contribution >= 0.6 is 11.8 Å². The number of rotatable bonds is 7. The molecule has 2 aromatic carbocycles. The Kier molecular flexibility index (Phi) is 7.22. The fourth-order valence-electron chi connectivity index (χ4n) is 2.11. The molecule has 152 valence electrons. The minimum absolute atomic E-state index is 0.0934. The van der Waals surface area contributed by atoms with Crippen molar-refractivity contribution in [1.82, 2.24) is 0 Å². The van der Waals surface area contributed by atoms with Gasteiger partial charge in [-0.3, -0.25) is 4.79 Å². The highest BCUT2D eigenvalue weighted by Crippen LogP contribution is 2.35. The molecule has 0 unspecified atom stereocenters. The Labute approximate surface area is 161 Å². The third kappa shape index (κ3) is 7.34. The van der Waals surface area contributed by atoms with Crippen LogP contribution in [-0.4, -0.2) is 24.4 Å². The number of carbonyl (C=O) groups excluding carboxylic acids is 1. The first kappa shape index (κ1) is 21.9. The van der Waals surface area contributed by atoms with Crippen LogP contribution in [-0.2, 0) is 16.7 Å². The summed E-state index contributed by atoms with van der Waals surface area (Å²) in [6.45, 7) is -1.69. The van der Waals surface area contributed by atoms with Gasteiger partial charge in [-0.25, -0.2) is 0 Å². The Bertz CT molecular complexity index is 793. The Morgan fingerprint density at radius 3 is 2.29 bits per heavy atom. The highest BCUT2D eigenvalue weighted by Gasteiger charge is 2.32. The van der Waals surface area contributed by atoms with E-state index < -0.39 is 41.9 Å². The number of nitrogens with one attached hydrogen (secondary N) is 1. The van der Waals surface area contributed by atoms with E-state index >= 15 is 0 Å². The minimum atomic E-state index is -4.72. The van der Waals surface area contributed by atoms with Crippen molar-refractivity contribution in [2.75, 3.05) is 17.7 Å². The van der Waals surface area contributed by atoms with Gasteiger partial charge >= 0.3 is 12.4 Å². The smallest absolute Gasteiger partial charge is 0.422 e. The van der Waals surface area contributed by atoms with Crippen LogP contribution in [0.15, 0.2) is 48.5 Å². The molecular weight excluding hydrogens is 408 g/mol. The fourth-order valence-corrected chi connectivity index (χ4v) is 2.90. The average molecular weight is 423 g/mol. The van der Waals surface area contributed by atoms with E-state index in [4.69, 9.17) is 0 Å². The number of halogens is 6. The second kappa shape index (κ2) is 9.22. The number of anilines is 1. The van der Waals surface area contributed by atoms with E-state index in [-0.39, 0.29) is 5.75 Å². The summed E-state index contributed by atoms with van der Waals surface area (Å²) in [6, 6.07) is 11.1. The number of alkyl halides is 6. The van der Waals surface area contributed by atoms with Gasteiger partial charge in [0.05, 0.1) is 17.0 Å². The summed E-state index contributed by atoms with van der Waals surface area (Å²) in [6.07, 6.45) is -9.39. The first-order chi connectivity index (χ1) is 13.0. The monoisotopic (exact) mass is 423 g/mol. The summed E-state index contributed by atoms with van der Waals surface area (Å²) >= 11 is 1.21. The van der Waals surface area contributed by atoms with E-state index in [2.05, 4.69) is 10.1 Å². The predicted octanol–water partition coefficient (Wildman–Crippen LogP) is 5.52. The maximum Gasteiger partial charge on any atom is 0.422 e. The molecule has 0 spiro atoms. The molecule has 3 nitrogen and oxygen atoms in total. The van der Waals surface area contributed by atoms with Crippen LogP contribution in [0.1, 0.15) is 11.1 Å². The zero-order valence-electron chi connectivity index (χ0n) is 14.2. The summed E-state index contributed by atoms with van der Waals surface area (Å²) in [4.78, 5) is 12.0. The number of thioether (sulfide) groups is 1. The van der Waals surface area contributed by atoms with Crippen molar-refractivity contribution >= 4 is 23.4 Å². The van der Waals surface area contributed by atoms with Gasteiger partial charge in [0.25, 0.3) is 0 Å². The summed E-state index contributed by atoms with van der Waals surface area (Å²) < 4.78 is 80.1. The van der Waals surface area contributed by atoms with Gasteiger partial charge in [0, 0.05) is 5.75 Å². The van der Waals surface area contributed by atoms with Crippen molar-refractivity contribution in [1.29, 1.82) is 0 Å². The van der Waals surface area contributed by atoms with Crippen molar-refractivity contribution in [2.24, 2.45) is 0 Å². The fraction of sp³-hybridized carbons (Fsp3) is 0.278. The minimum Gasteiger partial charge on any atom is -0.482 e. The molecule has 1 N–H and O–H groups in total. The molecule has 0 saturated heterocycles. The Morgan fingerprint density at radius 2 is 1.68 bits per heavy atom. The first-order valence-electron chi connectivity index (χ1n) is 7.87. The largest absolute Gasteiger partial charge is 0.482 e. The lowest BCUT2D eigenvalue weighted by Crippen LogP contribution is -2.21. The van der Waals surface area contributed by atoms with Crippen LogP contribution in [0.4, 0.5) is 32.0 Å². The van der Waals surface area contributed by atoms with Crippen LogP contribution in [0, 0.1) is 0 Å². The maximum absolute atomic E-state index is 12.9. The third-order valence-corrected chi connectivity index (χ3v) is 4.32. The predicted molar refractivity (Wildman–Crippen MR) is 94.2 cm³/mol. The lowest BCUT2D eigenvalue weighted by molar-refractivity contribution is -0.153. The topological polar surface area (TPSA) is 38.3 Å². The Hall–Kier alpha value is -2.36. The van der Waals surface area contributed by atoms with Crippen LogP contribution in [0.5, 0.6) is 5.75 Å². The highest BCUT2D eigenvalue weighted by atomic mass is 32.2. The lowest BCUT2D eigenvalue weighted by atomic mass is 10.1. The molecule has 2 aromatic rings. The standard InChI is InChI=1S/C18H15F6NO2S/c19-17(20,21)11-27-15-7-6-13(18(22,23)24)8-14(15)25-16(26)10-28-9-12-4-2-1-3-5-12/h1-8H,9-11H2,(H,25,26).